The quantitative estimate of drug-likeness (QED) is 0.753. The van der Waals surface area contributed by atoms with Crippen molar-refractivity contribution in [3.05, 3.63) is 47.8 Å². The molecule has 0 saturated carbocycles. The minimum atomic E-state index is -1.09. The molecule has 0 aliphatic carbocycles. The first-order valence-corrected chi connectivity index (χ1v) is 7.26. The van der Waals surface area contributed by atoms with Crippen LogP contribution in [0.4, 0.5) is 4.39 Å². The van der Waals surface area contributed by atoms with Crippen LogP contribution in [0.1, 0.15) is 10.4 Å². The van der Waals surface area contributed by atoms with Gasteiger partial charge in [0, 0.05) is 5.56 Å². The van der Waals surface area contributed by atoms with Gasteiger partial charge < -0.3 is 5.11 Å². The summed E-state index contributed by atoms with van der Waals surface area (Å²) in [4.78, 5) is 11.5. The fourth-order valence-electron chi connectivity index (χ4n) is 2.05. The maximum Gasteiger partial charge on any atom is 0.340 e. The van der Waals surface area contributed by atoms with Crippen molar-refractivity contribution in [2.75, 3.05) is 6.26 Å². The number of aromatic nitrogens is 3. The molecule has 1 aromatic carbocycles. The number of benzene rings is 1. The summed E-state index contributed by atoms with van der Waals surface area (Å²) in [5.74, 6) is -1.48. The second-order valence-electron chi connectivity index (χ2n) is 4.29. The van der Waals surface area contributed by atoms with E-state index >= 15 is 0 Å². The van der Waals surface area contributed by atoms with E-state index in [1.165, 1.54) is 40.7 Å². The van der Waals surface area contributed by atoms with Gasteiger partial charge in [-0.05, 0) is 42.7 Å². The van der Waals surface area contributed by atoms with Crippen LogP contribution in [0.2, 0.25) is 0 Å². The zero-order valence-corrected chi connectivity index (χ0v) is 11.8. The van der Waals surface area contributed by atoms with Crippen LogP contribution in [-0.4, -0.2) is 32.2 Å². The minimum absolute atomic E-state index is 0.0572. The third-order valence-corrected chi connectivity index (χ3v) is 3.66. The first kappa shape index (κ1) is 13.6. The zero-order chi connectivity index (χ0) is 15.0. The number of carboxylic acids is 1. The second kappa shape index (κ2) is 5.17. The lowest BCUT2D eigenvalue weighted by Gasteiger charge is -1.98. The van der Waals surface area contributed by atoms with Crippen molar-refractivity contribution in [2.45, 2.75) is 5.03 Å². The lowest BCUT2D eigenvalue weighted by Crippen LogP contribution is -1.99. The SMILES string of the molecule is CSc1ccc2c(C(=O)O)c(-c3ccc(F)cc3)nn2n1. The van der Waals surface area contributed by atoms with Gasteiger partial charge in [0.1, 0.15) is 27.6 Å². The standard InChI is InChI=1S/C14H10FN3O2S/c1-21-11-7-6-10-12(14(19)20)13(17-18(10)16-11)8-2-4-9(15)5-3-8/h2-7H,1H3,(H,19,20). The fraction of sp³-hybridized carbons (Fsp3) is 0.0714. The number of hydrogen-bond donors (Lipinski definition) is 1. The van der Waals surface area contributed by atoms with Crippen LogP contribution in [0, 0.1) is 5.82 Å². The van der Waals surface area contributed by atoms with Crippen LogP contribution in [0.25, 0.3) is 16.8 Å². The van der Waals surface area contributed by atoms with Crippen LogP contribution in [0.3, 0.4) is 0 Å². The smallest absolute Gasteiger partial charge is 0.340 e. The van der Waals surface area contributed by atoms with Crippen LogP contribution in [0.15, 0.2) is 41.4 Å². The largest absolute Gasteiger partial charge is 0.478 e. The lowest BCUT2D eigenvalue weighted by atomic mass is 10.1. The van der Waals surface area contributed by atoms with Gasteiger partial charge in [0.15, 0.2) is 0 Å². The number of fused-ring (bicyclic) bond motifs is 1. The molecule has 106 valence electrons. The molecule has 0 amide bonds. The van der Waals surface area contributed by atoms with Gasteiger partial charge >= 0.3 is 5.97 Å². The number of thioether (sulfide) groups is 1. The van der Waals surface area contributed by atoms with Crippen molar-refractivity contribution in [1.29, 1.82) is 0 Å². The van der Waals surface area contributed by atoms with E-state index < -0.39 is 5.97 Å². The van der Waals surface area contributed by atoms with Crippen molar-refractivity contribution < 1.29 is 14.3 Å². The molecule has 3 rings (SSSR count). The first-order valence-electron chi connectivity index (χ1n) is 6.03. The summed E-state index contributed by atoms with van der Waals surface area (Å²) in [7, 11) is 0. The number of rotatable bonds is 3. The molecule has 7 heteroatoms. The summed E-state index contributed by atoms with van der Waals surface area (Å²) in [6.07, 6.45) is 1.87. The minimum Gasteiger partial charge on any atom is -0.478 e. The predicted octanol–water partition coefficient (Wildman–Crippen LogP) is 2.96. The molecule has 5 nitrogen and oxygen atoms in total. The third-order valence-electron chi connectivity index (χ3n) is 3.02. The molecule has 0 aliphatic rings. The summed E-state index contributed by atoms with van der Waals surface area (Å²) in [5, 5.41) is 18.6. The van der Waals surface area contributed by atoms with Gasteiger partial charge in [0.05, 0.1) is 0 Å². The summed E-state index contributed by atoms with van der Waals surface area (Å²) < 4.78 is 14.3. The Labute approximate surface area is 123 Å². The van der Waals surface area contributed by atoms with Gasteiger partial charge in [-0.15, -0.1) is 26.6 Å². The molecule has 21 heavy (non-hydrogen) atoms. The van der Waals surface area contributed by atoms with Gasteiger partial charge in [0.25, 0.3) is 0 Å². The van der Waals surface area contributed by atoms with E-state index in [-0.39, 0.29) is 17.1 Å². The highest BCUT2D eigenvalue weighted by Gasteiger charge is 2.21. The Balaban J connectivity index is 2.28. The van der Waals surface area contributed by atoms with Crippen molar-refractivity contribution in [3.63, 3.8) is 0 Å². The summed E-state index contributed by atoms with van der Waals surface area (Å²) >= 11 is 1.44. The maximum atomic E-state index is 13.0. The average molecular weight is 303 g/mol. The molecule has 1 N–H and O–H groups in total. The maximum absolute atomic E-state index is 13.0. The van der Waals surface area contributed by atoms with E-state index in [0.717, 1.165) is 5.03 Å². The molecule has 0 atom stereocenters. The number of aromatic carboxylic acids is 1. The van der Waals surface area contributed by atoms with Crippen molar-refractivity contribution in [3.8, 4) is 11.3 Å². The van der Waals surface area contributed by atoms with E-state index in [2.05, 4.69) is 10.2 Å². The Hall–Kier alpha value is -2.41. The number of carbonyl (C=O) groups is 1. The van der Waals surface area contributed by atoms with Gasteiger partial charge in [-0.3, -0.25) is 0 Å². The zero-order valence-electron chi connectivity index (χ0n) is 10.9. The van der Waals surface area contributed by atoms with Gasteiger partial charge in [-0.25, -0.2) is 9.18 Å². The van der Waals surface area contributed by atoms with Crippen LogP contribution >= 0.6 is 11.8 Å². The molecular formula is C14H10FN3O2S. The highest BCUT2D eigenvalue weighted by Crippen LogP contribution is 2.27. The van der Waals surface area contributed by atoms with Crippen LogP contribution in [0.5, 0.6) is 0 Å². The molecule has 0 radical (unpaired) electrons. The van der Waals surface area contributed by atoms with E-state index in [1.807, 2.05) is 6.26 Å². The number of halogens is 1. The Morgan fingerprint density at radius 1 is 1.19 bits per heavy atom. The van der Waals surface area contributed by atoms with Crippen molar-refractivity contribution in [1.82, 2.24) is 14.8 Å². The highest BCUT2D eigenvalue weighted by molar-refractivity contribution is 7.98. The van der Waals surface area contributed by atoms with Gasteiger partial charge in [0.2, 0.25) is 0 Å². The van der Waals surface area contributed by atoms with Crippen molar-refractivity contribution in [2.24, 2.45) is 0 Å². The van der Waals surface area contributed by atoms with E-state index in [9.17, 15) is 14.3 Å². The molecular weight excluding hydrogens is 293 g/mol. The molecule has 0 bridgehead atoms. The topological polar surface area (TPSA) is 67.5 Å². The fourth-order valence-corrected chi connectivity index (χ4v) is 2.42. The third kappa shape index (κ3) is 2.36. The summed E-state index contributed by atoms with van der Waals surface area (Å²) in [6.45, 7) is 0. The van der Waals surface area contributed by atoms with E-state index in [1.54, 1.807) is 12.1 Å². The van der Waals surface area contributed by atoms with Gasteiger partial charge in [-0.1, -0.05) is 0 Å². The van der Waals surface area contributed by atoms with Gasteiger partial charge in [-0.2, -0.15) is 0 Å². The average Bonchev–Trinajstić information content (AvgIpc) is 2.86. The Morgan fingerprint density at radius 3 is 2.52 bits per heavy atom. The molecule has 3 aromatic rings. The molecule has 2 aromatic heterocycles. The molecule has 0 saturated heterocycles. The Morgan fingerprint density at radius 2 is 1.90 bits per heavy atom. The molecule has 2 heterocycles. The second-order valence-corrected chi connectivity index (χ2v) is 5.11. The molecule has 0 fully saturated rings. The monoisotopic (exact) mass is 303 g/mol. The number of nitrogens with zero attached hydrogens (tertiary/aromatic N) is 3. The van der Waals surface area contributed by atoms with E-state index in [4.69, 9.17) is 0 Å². The predicted molar refractivity (Wildman–Crippen MR) is 77.1 cm³/mol. The Kier molecular flexibility index (Phi) is 3.34. The highest BCUT2D eigenvalue weighted by atomic mass is 32.2. The molecule has 0 unspecified atom stereocenters. The molecule has 0 aliphatic heterocycles. The number of hydrogen-bond acceptors (Lipinski definition) is 4. The normalized spacial score (nSPS) is 11.0. The first-order chi connectivity index (χ1) is 10.1. The van der Waals surface area contributed by atoms with Crippen LogP contribution in [-0.2, 0) is 0 Å². The summed E-state index contributed by atoms with van der Waals surface area (Å²) in [5.41, 5.74) is 1.26. The lowest BCUT2D eigenvalue weighted by molar-refractivity contribution is 0.0700. The van der Waals surface area contributed by atoms with Crippen LogP contribution < -0.4 is 0 Å². The van der Waals surface area contributed by atoms with E-state index in [0.29, 0.717) is 11.1 Å². The molecule has 0 spiro atoms. The number of carboxylic acid groups (broad SMARTS) is 1. The van der Waals surface area contributed by atoms with Crippen molar-refractivity contribution >= 4 is 23.2 Å². The summed E-state index contributed by atoms with van der Waals surface area (Å²) in [6, 6.07) is 8.94. The Bertz CT molecular complexity index is 830.